The van der Waals surface area contributed by atoms with E-state index in [1.54, 1.807) is 18.5 Å². The molecule has 1 N–H and O–H groups in total. The Kier molecular flexibility index (Phi) is 3.05. The first kappa shape index (κ1) is 7.65. The molecule has 0 amide bonds. The zero-order chi connectivity index (χ0) is 7.94. The molecule has 0 unspecified atom stereocenters. The fourth-order valence-corrected chi connectivity index (χ4v) is 0.633. The molecule has 0 aliphatic carbocycles. The molecule has 0 aliphatic heterocycles. The molecular weight excluding hydrogens is 142 g/mol. The Labute approximate surface area is 64.7 Å². The van der Waals surface area contributed by atoms with Crippen molar-refractivity contribution in [1.82, 2.24) is 9.97 Å². The Morgan fingerprint density at radius 3 is 2.82 bits per heavy atom. The lowest BCUT2D eigenvalue weighted by Gasteiger charge is -1.98. The molecule has 4 nitrogen and oxygen atoms in total. The molecule has 0 aliphatic rings. The van der Waals surface area contributed by atoms with Crippen molar-refractivity contribution in [2.24, 2.45) is 0 Å². The van der Waals surface area contributed by atoms with Gasteiger partial charge in [-0.25, -0.2) is 9.97 Å². The van der Waals surface area contributed by atoms with Gasteiger partial charge in [-0.05, 0) is 6.07 Å². The van der Waals surface area contributed by atoms with Crippen molar-refractivity contribution in [1.29, 1.82) is 0 Å². The summed E-state index contributed by atoms with van der Waals surface area (Å²) in [6, 6.07) is 1.74. The minimum absolute atomic E-state index is 0.484. The number of carbonyl (C=O) groups excluding carboxylic acids is 1. The predicted molar refractivity (Wildman–Crippen MR) is 41.2 cm³/mol. The summed E-state index contributed by atoms with van der Waals surface area (Å²) in [7, 11) is 0. The van der Waals surface area contributed by atoms with Gasteiger partial charge in [-0.3, -0.25) is 0 Å². The van der Waals surface area contributed by atoms with Crippen LogP contribution in [0.15, 0.2) is 18.5 Å². The molecule has 0 radical (unpaired) electrons. The highest BCUT2D eigenvalue weighted by Crippen LogP contribution is 1.92. The van der Waals surface area contributed by atoms with Crippen LogP contribution >= 0.6 is 0 Å². The van der Waals surface area contributed by atoms with E-state index >= 15 is 0 Å². The number of hydrogen-bond acceptors (Lipinski definition) is 4. The SMILES string of the molecule is O=CCCNc1ncccn1. The quantitative estimate of drug-likeness (QED) is 0.502. The summed E-state index contributed by atoms with van der Waals surface area (Å²) in [5.74, 6) is 0.564. The molecule has 0 fully saturated rings. The van der Waals surface area contributed by atoms with E-state index in [0.29, 0.717) is 18.9 Å². The van der Waals surface area contributed by atoms with Crippen LogP contribution in [0.1, 0.15) is 6.42 Å². The number of hydrogen-bond donors (Lipinski definition) is 1. The van der Waals surface area contributed by atoms with E-state index in [1.165, 1.54) is 0 Å². The van der Waals surface area contributed by atoms with Crippen LogP contribution in [0.25, 0.3) is 0 Å². The van der Waals surface area contributed by atoms with Crippen molar-refractivity contribution in [3.63, 3.8) is 0 Å². The average molecular weight is 151 g/mol. The van der Waals surface area contributed by atoms with Crippen LogP contribution in [0.5, 0.6) is 0 Å². The Morgan fingerprint density at radius 1 is 1.45 bits per heavy atom. The minimum atomic E-state index is 0.484. The molecule has 0 spiro atoms. The number of rotatable bonds is 4. The third-order valence-corrected chi connectivity index (χ3v) is 1.11. The summed E-state index contributed by atoms with van der Waals surface area (Å²) < 4.78 is 0. The molecule has 0 saturated heterocycles. The minimum Gasteiger partial charge on any atom is -0.354 e. The average Bonchev–Trinajstić information content (AvgIpc) is 2.07. The second kappa shape index (κ2) is 4.38. The predicted octanol–water partition coefficient (Wildman–Crippen LogP) is 0.477. The van der Waals surface area contributed by atoms with Crippen LogP contribution in [-0.2, 0) is 4.79 Å². The van der Waals surface area contributed by atoms with E-state index in [2.05, 4.69) is 15.3 Å². The molecule has 0 aromatic carbocycles. The highest BCUT2D eigenvalue weighted by atomic mass is 16.1. The van der Waals surface area contributed by atoms with Gasteiger partial charge in [0.1, 0.15) is 6.29 Å². The smallest absolute Gasteiger partial charge is 0.222 e. The lowest BCUT2D eigenvalue weighted by Crippen LogP contribution is -2.04. The fourth-order valence-electron chi connectivity index (χ4n) is 0.633. The summed E-state index contributed by atoms with van der Waals surface area (Å²) in [5, 5.41) is 2.89. The van der Waals surface area contributed by atoms with Crippen LogP contribution in [-0.4, -0.2) is 22.8 Å². The number of aldehydes is 1. The topological polar surface area (TPSA) is 54.9 Å². The van der Waals surface area contributed by atoms with E-state index in [4.69, 9.17) is 0 Å². The van der Waals surface area contributed by atoms with Crippen molar-refractivity contribution >= 4 is 12.2 Å². The van der Waals surface area contributed by atoms with Gasteiger partial charge in [-0.2, -0.15) is 0 Å². The van der Waals surface area contributed by atoms with Crippen molar-refractivity contribution in [3.8, 4) is 0 Å². The summed E-state index contributed by atoms with van der Waals surface area (Å²) >= 11 is 0. The first-order valence-electron chi connectivity index (χ1n) is 3.38. The number of aromatic nitrogens is 2. The lowest BCUT2D eigenvalue weighted by molar-refractivity contribution is -0.107. The zero-order valence-corrected chi connectivity index (χ0v) is 6.03. The molecule has 1 aromatic heterocycles. The number of nitrogens with one attached hydrogen (secondary N) is 1. The van der Waals surface area contributed by atoms with E-state index in [-0.39, 0.29) is 0 Å². The third-order valence-electron chi connectivity index (χ3n) is 1.11. The number of anilines is 1. The molecule has 0 atom stereocenters. The van der Waals surface area contributed by atoms with Gasteiger partial charge in [0.15, 0.2) is 0 Å². The maximum absolute atomic E-state index is 9.91. The summed E-state index contributed by atoms with van der Waals surface area (Å²) in [4.78, 5) is 17.7. The van der Waals surface area contributed by atoms with Crippen molar-refractivity contribution in [2.45, 2.75) is 6.42 Å². The van der Waals surface area contributed by atoms with E-state index in [1.807, 2.05) is 0 Å². The molecule has 0 saturated carbocycles. The van der Waals surface area contributed by atoms with E-state index in [0.717, 1.165) is 6.29 Å². The van der Waals surface area contributed by atoms with Gasteiger partial charge in [0.2, 0.25) is 5.95 Å². The fraction of sp³-hybridized carbons (Fsp3) is 0.286. The van der Waals surface area contributed by atoms with Crippen LogP contribution in [0.3, 0.4) is 0 Å². The largest absolute Gasteiger partial charge is 0.354 e. The monoisotopic (exact) mass is 151 g/mol. The molecule has 11 heavy (non-hydrogen) atoms. The van der Waals surface area contributed by atoms with Crippen molar-refractivity contribution < 1.29 is 4.79 Å². The summed E-state index contributed by atoms with van der Waals surface area (Å²) in [6.07, 6.45) is 4.64. The first-order valence-corrected chi connectivity index (χ1v) is 3.38. The molecule has 4 heteroatoms. The van der Waals surface area contributed by atoms with Crippen molar-refractivity contribution in [2.75, 3.05) is 11.9 Å². The highest BCUT2D eigenvalue weighted by Gasteiger charge is 1.89. The normalized spacial score (nSPS) is 9.09. The van der Waals surface area contributed by atoms with Crippen molar-refractivity contribution in [3.05, 3.63) is 18.5 Å². The second-order valence-corrected chi connectivity index (χ2v) is 1.95. The Morgan fingerprint density at radius 2 is 2.18 bits per heavy atom. The number of nitrogens with zero attached hydrogens (tertiary/aromatic N) is 2. The Balaban J connectivity index is 2.33. The van der Waals surface area contributed by atoms with Gasteiger partial charge in [-0.1, -0.05) is 0 Å². The van der Waals surface area contributed by atoms with Gasteiger partial charge in [-0.15, -0.1) is 0 Å². The second-order valence-electron chi connectivity index (χ2n) is 1.95. The molecule has 1 aromatic rings. The van der Waals surface area contributed by atoms with Gasteiger partial charge in [0.25, 0.3) is 0 Å². The third kappa shape index (κ3) is 2.75. The van der Waals surface area contributed by atoms with Crippen LogP contribution in [0.2, 0.25) is 0 Å². The molecule has 0 bridgehead atoms. The molecule has 58 valence electrons. The Hall–Kier alpha value is -1.45. The molecular formula is C7H9N3O. The standard InChI is InChI=1S/C7H9N3O/c11-6-2-5-10-7-8-3-1-4-9-7/h1,3-4,6H,2,5H2,(H,8,9,10). The molecule has 1 rings (SSSR count). The van der Waals surface area contributed by atoms with Crippen LogP contribution in [0.4, 0.5) is 5.95 Å². The molecule has 1 heterocycles. The van der Waals surface area contributed by atoms with Gasteiger partial charge in [0, 0.05) is 25.4 Å². The van der Waals surface area contributed by atoms with E-state index < -0.39 is 0 Å². The first-order chi connectivity index (χ1) is 5.43. The van der Waals surface area contributed by atoms with E-state index in [9.17, 15) is 4.79 Å². The zero-order valence-electron chi connectivity index (χ0n) is 6.03. The van der Waals surface area contributed by atoms with Gasteiger partial charge < -0.3 is 10.1 Å². The van der Waals surface area contributed by atoms with Gasteiger partial charge in [0.05, 0.1) is 0 Å². The van der Waals surface area contributed by atoms with Crippen LogP contribution < -0.4 is 5.32 Å². The highest BCUT2D eigenvalue weighted by molar-refractivity contribution is 5.50. The summed E-state index contributed by atoms with van der Waals surface area (Å²) in [5.41, 5.74) is 0. The van der Waals surface area contributed by atoms with Gasteiger partial charge >= 0.3 is 0 Å². The Bertz CT molecular complexity index is 212. The maximum Gasteiger partial charge on any atom is 0.222 e. The lowest BCUT2D eigenvalue weighted by atomic mass is 10.5. The van der Waals surface area contributed by atoms with Crippen LogP contribution in [0, 0.1) is 0 Å². The summed E-state index contributed by atoms with van der Waals surface area (Å²) in [6.45, 7) is 0.591. The number of carbonyl (C=O) groups is 1. The maximum atomic E-state index is 9.91.